The Bertz CT molecular complexity index is 910. The molecule has 1 aliphatic heterocycles. The number of piperidine rings is 1. The van der Waals surface area contributed by atoms with Gasteiger partial charge in [-0.3, -0.25) is 4.79 Å². The van der Waals surface area contributed by atoms with Crippen LogP contribution in [0.1, 0.15) is 44.0 Å². The van der Waals surface area contributed by atoms with Crippen molar-refractivity contribution in [2.24, 2.45) is 0 Å². The largest absolute Gasteiger partial charge is 0.444 e. The molecule has 1 atom stereocenters. The van der Waals surface area contributed by atoms with E-state index < -0.39 is 11.7 Å². The summed E-state index contributed by atoms with van der Waals surface area (Å²) in [4.78, 5) is 27.8. The molecule has 1 aromatic heterocycles. The Hall–Kier alpha value is -1.57. The van der Waals surface area contributed by atoms with Crippen LogP contribution in [0, 0.1) is 0 Å². The molecule has 0 spiro atoms. The zero-order valence-corrected chi connectivity index (χ0v) is 19.8. The van der Waals surface area contributed by atoms with Gasteiger partial charge in [0.05, 0.1) is 5.02 Å². The molecule has 2 amide bonds. The molecule has 1 aliphatic rings. The zero-order chi connectivity index (χ0) is 21.2. The van der Waals surface area contributed by atoms with E-state index >= 15 is 0 Å². The summed E-state index contributed by atoms with van der Waals surface area (Å²) in [6.45, 7) is 6.58. The molecule has 1 saturated heterocycles. The maximum Gasteiger partial charge on any atom is 0.407 e. The zero-order valence-electron chi connectivity index (χ0n) is 16.6. The highest BCUT2D eigenvalue weighted by molar-refractivity contribution is 9.10. The van der Waals surface area contributed by atoms with Gasteiger partial charge in [-0.15, -0.1) is 11.3 Å². The number of nitrogens with one attached hydrogen (secondary N) is 1. The third-order valence-electron chi connectivity index (χ3n) is 4.48. The van der Waals surface area contributed by atoms with Crippen LogP contribution in [0.25, 0.3) is 10.4 Å². The van der Waals surface area contributed by atoms with Crippen molar-refractivity contribution in [2.45, 2.75) is 45.3 Å². The molecule has 156 valence electrons. The van der Waals surface area contributed by atoms with Crippen molar-refractivity contribution in [3.8, 4) is 10.4 Å². The first kappa shape index (κ1) is 22.1. The smallest absolute Gasteiger partial charge is 0.407 e. The summed E-state index contributed by atoms with van der Waals surface area (Å²) in [5.74, 6) is -0.0819. The van der Waals surface area contributed by atoms with Gasteiger partial charge in [0.25, 0.3) is 5.91 Å². The average molecular weight is 500 g/mol. The van der Waals surface area contributed by atoms with Crippen LogP contribution in [0.2, 0.25) is 5.02 Å². The Morgan fingerprint density at radius 1 is 1.31 bits per heavy atom. The average Bonchev–Trinajstić information content (AvgIpc) is 3.05. The first-order valence-corrected chi connectivity index (χ1v) is 11.5. The quantitative estimate of drug-likeness (QED) is 0.567. The minimum absolute atomic E-state index is 0.0819. The Morgan fingerprint density at radius 2 is 2.07 bits per heavy atom. The number of likely N-dealkylation sites (tertiary alicyclic amines) is 1. The van der Waals surface area contributed by atoms with Gasteiger partial charge in [-0.1, -0.05) is 17.7 Å². The van der Waals surface area contributed by atoms with Gasteiger partial charge in [-0.25, -0.2) is 4.79 Å². The van der Waals surface area contributed by atoms with E-state index in [1.807, 2.05) is 44.4 Å². The Labute approximate surface area is 188 Å². The van der Waals surface area contributed by atoms with Crippen LogP contribution in [0.4, 0.5) is 4.79 Å². The van der Waals surface area contributed by atoms with Crippen molar-refractivity contribution in [2.75, 3.05) is 13.1 Å². The SMILES string of the molecule is CC(C)(C)OC(=O)N[C@@H]1CCCN(C(=O)c2ccc(-c3cc(Br)cs3)c(Cl)c2)C1. The predicted octanol–water partition coefficient (Wildman–Crippen LogP) is 5.96. The molecule has 1 N–H and O–H groups in total. The second kappa shape index (κ2) is 9.06. The number of halogens is 2. The van der Waals surface area contributed by atoms with Crippen LogP contribution in [0.15, 0.2) is 34.1 Å². The number of rotatable bonds is 3. The lowest BCUT2D eigenvalue weighted by molar-refractivity contribution is 0.0452. The molecule has 0 saturated carbocycles. The van der Waals surface area contributed by atoms with Crippen molar-refractivity contribution in [1.29, 1.82) is 0 Å². The number of carbonyl (C=O) groups is 2. The highest BCUT2D eigenvalue weighted by atomic mass is 79.9. The number of hydrogen-bond donors (Lipinski definition) is 1. The molecule has 1 fully saturated rings. The number of benzene rings is 1. The van der Waals surface area contributed by atoms with Crippen molar-refractivity contribution in [3.05, 3.63) is 44.7 Å². The molecule has 0 aliphatic carbocycles. The lowest BCUT2D eigenvalue weighted by Crippen LogP contribution is -2.50. The topological polar surface area (TPSA) is 58.6 Å². The summed E-state index contributed by atoms with van der Waals surface area (Å²) in [5.41, 5.74) is 0.902. The van der Waals surface area contributed by atoms with E-state index in [1.165, 1.54) is 0 Å². The summed E-state index contributed by atoms with van der Waals surface area (Å²) in [7, 11) is 0. The van der Waals surface area contributed by atoms with Crippen LogP contribution in [-0.2, 0) is 4.74 Å². The fourth-order valence-electron chi connectivity index (χ4n) is 3.24. The van der Waals surface area contributed by atoms with Crippen molar-refractivity contribution in [1.82, 2.24) is 10.2 Å². The maximum atomic E-state index is 13.0. The molecule has 2 aromatic rings. The third kappa shape index (κ3) is 5.96. The number of thiophene rings is 1. The Kier molecular flexibility index (Phi) is 6.91. The third-order valence-corrected chi connectivity index (χ3v) is 6.52. The second-order valence-electron chi connectivity index (χ2n) is 8.06. The monoisotopic (exact) mass is 498 g/mol. The molecule has 0 unspecified atom stereocenters. The summed E-state index contributed by atoms with van der Waals surface area (Å²) < 4.78 is 6.33. The second-order valence-corrected chi connectivity index (χ2v) is 10.3. The summed E-state index contributed by atoms with van der Waals surface area (Å²) in [6, 6.07) is 7.29. The van der Waals surface area contributed by atoms with Gasteiger partial charge in [-0.2, -0.15) is 0 Å². The molecular formula is C21H24BrClN2O3S. The first-order valence-electron chi connectivity index (χ1n) is 9.45. The van der Waals surface area contributed by atoms with E-state index in [9.17, 15) is 9.59 Å². The van der Waals surface area contributed by atoms with Crippen LogP contribution < -0.4 is 5.32 Å². The molecule has 3 rings (SSSR count). The number of alkyl carbamates (subject to hydrolysis) is 1. The predicted molar refractivity (Wildman–Crippen MR) is 121 cm³/mol. The number of nitrogens with zero attached hydrogens (tertiary/aromatic N) is 1. The van der Waals surface area contributed by atoms with Crippen LogP contribution in [-0.4, -0.2) is 41.6 Å². The van der Waals surface area contributed by atoms with Crippen molar-refractivity contribution < 1.29 is 14.3 Å². The van der Waals surface area contributed by atoms with Gasteiger partial charge in [0.2, 0.25) is 0 Å². The van der Waals surface area contributed by atoms with Crippen LogP contribution in [0.3, 0.4) is 0 Å². The van der Waals surface area contributed by atoms with Crippen LogP contribution in [0.5, 0.6) is 0 Å². The van der Waals surface area contributed by atoms with E-state index in [0.29, 0.717) is 23.7 Å². The number of carbonyl (C=O) groups excluding carboxylic acids is 2. The van der Waals surface area contributed by atoms with Crippen molar-refractivity contribution in [3.63, 3.8) is 0 Å². The van der Waals surface area contributed by atoms with Gasteiger partial charge in [0, 0.05) is 45.0 Å². The molecular weight excluding hydrogens is 476 g/mol. The van der Waals surface area contributed by atoms with E-state index in [-0.39, 0.29) is 11.9 Å². The van der Waals surface area contributed by atoms with Gasteiger partial charge in [-0.05, 0) is 67.7 Å². The summed E-state index contributed by atoms with van der Waals surface area (Å²) in [6.07, 6.45) is 1.18. The minimum Gasteiger partial charge on any atom is -0.444 e. The number of ether oxygens (including phenoxy) is 1. The Morgan fingerprint density at radius 3 is 2.69 bits per heavy atom. The van der Waals surface area contributed by atoms with E-state index in [1.54, 1.807) is 22.3 Å². The molecule has 2 heterocycles. The minimum atomic E-state index is -0.551. The van der Waals surface area contributed by atoms with Gasteiger partial charge >= 0.3 is 6.09 Å². The molecule has 0 bridgehead atoms. The Balaban J connectivity index is 1.66. The van der Waals surface area contributed by atoms with Gasteiger partial charge in [0.1, 0.15) is 5.60 Å². The van der Waals surface area contributed by atoms with E-state index in [4.69, 9.17) is 16.3 Å². The molecule has 1 aromatic carbocycles. The van der Waals surface area contributed by atoms with Crippen molar-refractivity contribution >= 4 is 50.9 Å². The fourth-order valence-corrected chi connectivity index (χ4v) is 5.05. The first-order chi connectivity index (χ1) is 13.6. The fraction of sp³-hybridized carbons (Fsp3) is 0.429. The van der Waals surface area contributed by atoms with Gasteiger partial charge < -0.3 is 15.0 Å². The molecule has 0 radical (unpaired) electrons. The molecule has 8 heteroatoms. The normalized spacial score (nSPS) is 17.1. The lowest BCUT2D eigenvalue weighted by atomic mass is 10.0. The molecule has 29 heavy (non-hydrogen) atoms. The van der Waals surface area contributed by atoms with E-state index in [2.05, 4.69) is 21.2 Å². The number of amides is 2. The summed E-state index contributed by atoms with van der Waals surface area (Å²) >= 11 is 11.5. The highest BCUT2D eigenvalue weighted by Gasteiger charge is 2.27. The highest BCUT2D eigenvalue weighted by Crippen LogP contribution is 2.35. The summed E-state index contributed by atoms with van der Waals surface area (Å²) in [5, 5.41) is 5.42. The van der Waals surface area contributed by atoms with Gasteiger partial charge in [0.15, 0.2) is 0 Å². The van der Waals surface area contributed by atoms with Crippen LogP contribution >= 0.6 is 38.9 Å². The lowest BCUT2D eigenvalue weighted by Gasteiger charge is -2.33. The molecule has 5 nitrogen and oxygen atoms in total. The maximum absolute atomic E-state index is 13.0. The van der Waals surface area contributed by atoms with E-state index in [0.717, 1.165) is 27.8 Å². The standard InChI is InChI=1S/C21H24BrClN2O3S/c1-21(2,3)28-20(27)24-15-5-4-8-25(11-15)19(26)13-6-7-16(17(23)9-13)18-10-14(22)12-29-18/h6-7,9-10,12,15H,4-5,8,11H2,1-3H3,(H,24,27)/t15-/m1/s1. The number of hydrogen-bond acceptors (Lipinski definition) is 4.